The number of rotatable bonds is 3. The van der Waals surface area contributed by atoms with Crippen molar-refractivity contribution in [3.05, 3.63) is 40.2 Å². The molecule has 116 valence electrons. The van der Waals surface area contributed by atoms with Crippen LogP contribution in [0.3, 0.4) is 0 Å². The maximum atomic E-state index is 12.5. The van der Waals surface area contributed by atoms with Gasteiger partial charge in [0, 0.05) is 18.7 Å². The molecule has 1 aromatic heterocycles. The summed E-state index contributed by atoms with van der Waals surface area (Å²) in [6.07, 6.45) is 0. The first kappa shape index (κ1) is 14.7. The molecule has 22 heavy (non-hydrogen) atoms. The Balaban J connectivity index is 1.80. The van der Waals surface area contributed by atoms with Gasteiger partial charge >= 0.3 is 0 Å². The molecule has 1 aromatic carbocycles. The van der Waals surface area contributed by atoms with Gasteiger partial charge in [-0.1, -0.05) is 16.8 Å². The van der Waals surface area contributed by atoms with Gasteiger partial charge in [-0.25, -0.2) is 0 Å². The third-order valence-electron chi connectivity index (χ3n) is 3.27. The Labute approximate surface area is 132 Å². The number of aromatic nitrogens is 1. The number of carbonyl (C=O) groups excluding carboxylic acids is 1. The van der Waals surface area contributed by atoms with Crippen molar-refractivity contribution >= 4 is 17.5 Å². The molecule has 0 N–H and O–H groups in total. The number of ether oxygens (including phenoxy) is 2. The molecule has 0 radical (unpaired) electrons. The van der Waals surface area contributed by atoms with Crippen LogP contribution in [0.15, 0.2) is 22.7 Å². The molecule has 0 aliphatic carbocycles. The topological polar surface area (TPSA) is 64.8 Å². The summed E-state index contributed by atoms with van der Waals surface area (Å²) in [4.78, 5) is 14.0. The van der Waals surface area contributed by atoms with Gasteiger partial charge in [-0.05, 0) is 19.1 Å². The average Bonchev–Trinajstić information content (AvgIpc) is 2.91. The second-order valence-electron chi connectivity index (χ2n) is 5.07. The van der Waals surface area contributed by atoms with E-state index in [9.17, 15) is 4.79 Å². The van der Waals surface area contributed by atoms with Crippen molar-refractivity contribution in [3.63, 3.8) is 0 Å². The van der Waals surface area contributed by atoms with Gasteiger partial charge in [0.1, 0.15) is 24.7 Å². The number of benzene rings is 1. The van der Waals surface area contributed by atoms with Crippen LogP contribution in [0.2, 0.25) is 5.02 Å². The maximum absolute atomic E-state index is 12.5. The summed E-state index contributed by atoms with van der Waals surface area (Å²) in [5.74, 6) is 1.50. The smallest absolute Gasteiger partial charge is 0.254 e. The van der Waals surface area contributed by atoms with E-state index in [1.54, 1.807) is 37.1 Å². The highest BCUT2D eigenvalue weighted by atomic mass is 35.5. The second-order valence-corrected chi connectivity index (χ2v) is 5.48. The molecular formula is C15H15ClN2O4. The molecule has 1 amide bonds. The fourth-order valence-electron chi connectivity index (χ4n) is 2.26. The molecule has 7 heteroatoms. The van der Waals surface area contributed by atoms with Crippen LogP contribution >= 0.6 is 11.6 Å². The van der Waals surface area contributed by atoms with E-state index in [0.717, 1.165) is 0 Å². The lowest BCUT2D eigenvalue weighted by Crippen LogP contribution is -2.26. The number of halogens is 1. The summed E-state index contributed by atoms with van der Waals surface area (Å²) in [7, 11) is 1.69. The number of nitrogens with zero attached hydrogens (tertiary/aromatic N) is 2. The van der Waals surface area contributed by atoms with Crippen molar-refractivity contribution in [2.75, 3.05) is 20.3 Å². The molecule has 0 saturated carbocycles. The predicted molar refractivity (Wildman–Crippen MR) is 79.5 cm³/mol. The molecule has 0 bridgehead atoms. The summed E-state index contributed by atoms with van der Waals surface area (Å²) >= 11 is 6.16. The molecule has 2 heterocycles. The first-order valence-electron chi connectivity index (χ1n) is 6.81. The summed E-state index contributed by atoms with van der Waals surface area (Å²) in [5.41, 5.74) is 1.13. The van der Waals surface area contributed by atoms with Crippen LogP contribution in [0.25, 0.3) is 0 Å². The molecular weight excluding hydrogens is 308 g/mol. The Morgan fingerprint density at radius 2 is 2.09 bits per heavy atom. The quantitative estimate of drug-likeness (QED) is 0.869. The van der Waals surface area contributed by atoms with Gasteiger partial charge in [-0.2, -0.15) is 0 Å². The summed E-state index contributed by atoms with van der Waals surface area (Å²) in [6, 6.07) is 5.02. The van der Waals surface area contributed by atoms with E-state index in [2.05, 4.69) is 5.16 Å². The van der Waals surface area contributed by atoms with Gasteiger partial charge < -0.3 is 18.9 Å². The minimum atomic E-state index is -0.181. The van der Waals surface area contributed by atoms with Crippen molar-refractivity contribution in [1.29, 1.82) is 0 Å². The number of hydrogen-bond acceptors (Lipinski definition) is 5. The minimum Gasteiger partial charge on any atom is -0.486 e. The van der Waals surface area contributed by atoms with Crippen molar-refractivity contribution < 1.29 is 18.8 Å². The average molecular weight is 323 g/mol. The third kappa shape index (κ3) is 2.87. The van der Waals surface area contributed by atoms with E-state index >= 15 is 0 Å². The Bertz CT molecular complexity index is 714. The van der Waals surface area contributed by atoms with Gasteiger partial charge in [0.2, 0.25) is 0 Å². The molecule has 0 saturated heterocycles. The third-order valence-corrected chi connectivity index (χ3v) is 3.55. The molecule has 6 nitrogen and oxygen atoms in total. The zero-order valence-electron chi connectivity index (χ0n) is 12.3. The number of carbonyl (C=O) groups is 1. The summed E-state index contributed by atoms with van der Waals surface area (Å²) in [6.45, 7) is 3.04. The van der Waals surface area contributed by atoms with E-state index in [4.69, 9.17) is 25.6 Å². The van der Waals surface area contributed by atoms with Crippen LogP contribution in [0.4, 0.5) is 0 Å². The minimum absolute atomic E-state index is 0.181. The highest BCUT2D eigenvalue weighted by Gasteiger charge is 2.21. The lowest BCUT2D eigenvalue weighted by molar-refractivity contribution is 0.0781. The predicted octanol–water partition coefficient (Wildman–Crippen LogP) is 2.68. The van der Waals surface area contributed by atoms with Crippen LogP contribution in [0, 0.1) is 6.92 Å². The largest absolute Gasteiger partial charge is 0.486 e. The molecule has 0 unspecified atom stereocenters. The van der Waals surface area contributed by atoms with Crippen molar-refractivity contribution in [2.24, 2.45) is 0 Å². The van der Waals surface area contributed by atoms with Crippen LogP contribution in [0.5, 0.6) is 11.5 Å². The van der Waals surface area contributed by atoms with E-state index < -0.39 is 0 Å². The highest BCUT2D eigenvalue weighted by Crippen LogP contribution is 2.38. The molecule has 0 atom stereocenters. The van der Waals surface area contributed by atoms with E-state index in [1.165, 1.54) is 0 Å². The molecule has 1 aliphatic rings. The second kappa shape index (κ2) is 5.88. The normalized spacial score (nSPS) is 13.0. The first-order chi connectivity index (χ1) is 10.5. The number of hydrogen-bond donors (Lipinski definition) is 0. The molecule has 0 spiro atoms. The van der Waals surface area contributed by atoms with Crippen LogP contribution in [-0.4, -0.2) is 36.2 Å². The van der Waals surface area contributed by atoms with Crippen LogP contribution in [-0.2, 0) is 6.54 Å². The van der Waals surface area contributed by atoms with Gasteiger partial charge in [0.25, 0.3) is 5.91 Å². The zero-order chi connectivity index (χ0) is 15.7. The number of aryl methyl sites for hydroxylation is 1. The standard InChI is InChI=1S/C15H15ClN2O4/c1-9-5-11(17-22-9)8-18(2)15(19)10-6-12(16)14-13(7-10)20-3-4-21-14/h5-7H,3-4,8H2,1-2H3. The van der Waals surface area contributed by atoms with Gasteiger partial charge in [-0.15, -0.1) is 0 Å². The Morgan fingerprint density at radius 3 is 2.82 bits per heavy atom. The lowest BCUT2D eigenvalue weighted by atomic mass is 10.1. The SMILES string of the molecule is Cc1cc(CN(C)C(=O)c2cc(Cl)c3c(c2)OCCO3)no1. The summed E-state index contributed by atoms with van der Waals surface area (Å²) in [5, 5.41) is 4.25. The molecule has 0 fully saturated rings. The van der Waals surface area contributed by atoms with E-state index in [1.807, 2.05) is 0 Å². The number of amides is 1. The zero-order valence-corrected chi connectivity index (χ0v) is 13.0. The maximum Gasteiger partial charge on any atom is 0.254 e. The lowest BCUT2D eigenvalue weighted by Gasteiger charge is -2.21. The van der Waals surface area contributed by atoms with Gasteiger partial charge in [0.15, 0.2) is 11.5 Å². The van der Waals surface area contributed by atoms with Crippen molar-refractivity contribution in [3.8, 4) is 11.5 Å². The van der Waals surface area contributed by atoms with Crippen LogP contribution in [0.1, 0.15) is 21.8 Å². The first-order valence-corrected chi connectivity index (χ1v) is 7.19. The molecule has 3 rings (SSSR count). The van der Waals surface area contributed by atoms with Gasteiger partial charge in [0.05, 0.1) is 11.6 Å². The van der Waals surface area contributed by atoms with Crippen molar-refractivity contribution in [1.82, 2.24) is 10.1 Å². The monoisotopic (exact) mass is 322 g/mol. The molecule has 2 aromatic rings. The molecule has 1 aliphatic heterocycles. The van der Waals surface area contributed by atoms with Gasteiger partial charge in [-0.3, -0.25) is 4.79 Å². The van der Waals surface area contributed by atoms with E-state index in [0.29, 0.717) is 53.3 Å². The number of fused-ring (bicyclic) bond motifs is 1. The fourth-order valence-corrected chi connectivity index (χ4v) is 2.53. The summed E-state index contributed by atoms with van der Waals surface area (Å²) < 4.78 is 15.9. The van der Waals surface area contributed by atoms with Crippen LogP contribution < -0.4 is 9.47 Å². The Morgan fingerprint density at radius 1 is 1.32 bits per heavy atom. The Hall–Kier alpha value is -2.21. The fraction of sp³-hybridized carbons (Fsp3) is 0.333. The van der Waals surface area contributed by atoms with E-state index in [-0.39, 0.29) is 5.91 Å². The Kier molecular flexibility index (Phi) is 3.94. The van der Waals surface area contributed by atoms with Crippen molar-refractivity contribution in [2.45, 2.75) is 13.5 Å². The highest BCUT2D eigenvalue weighted by molar-refractivity contribution is 6.32.